The molecule has 1 N–H and O–H groups in total. The van der Waals surface area contributed by atoms with Gasteiger partial charge >= 0.3 is 5.69 Å². The van der Waals surface area contributed by atoms with E-state index >= 15 is 4.39 Å². The molecule has 0 unspecified atom stereocenters. The summed E-state index contributed by atoms with van der Waals surface area (Å²) in [5, 5.41) is 14.4. The second kappa shape index (κ2) is 10.5. The van der Waals surface area contributed by atoms with E-state index in [2.05, 4.69) is 27.5 Å². The number of unbranched alkanes of at least 4 members (excludes halogenated alkanes) is 1. The molecule has 0 aliphatic carbocycles. The second-order valence-corrected chi connectivity index (χ2v) is 8.76. The molecule has 0 amide bonds. The normalized spacial score (nSPS) is 11.2. The van der Waals surface area contributed by atoms with Crippen LogP contribution in [0.4, 0.5) is 4.39 Å². The number of hydrogen-bond acceptors (Lipinski definition) is 4. The van der Waals surface area contributed by atoms with Crippen molar-refractivity contribution in [3.8, 4) is 22.5 Å². The minimum absolute atomic E-state index is 0.212. The Balaban J connectivity index is 1.45. The Morgan fingerprint density at radius 2 is 1.50 bits per heavy atom. The van der Waals surface area contributed by atoms with Crippen molar-refractivity contribution in [3.05, 3.63) is 112 Å². The van der Waals surface area contributed by atoms with Crippen molar-refractivity contribution in [2.24, 2.45) is 0 Å². The fourth-order valence-electron chi connectivity index (χ4n) is 4.44. The van der Waals surface area contributed by atoms with Gasteiger partial charge in [0.25, 0.3) is 0 Å². The van der Waals surface area contributed by atoms with Crippen LogP contribution in [0.15, 0.2) is 83.7 Å². The molecule has 182 valence electrons. The molecule has 0 bridgehead atoms. The monoisotopic (exact) mass is 482 g/mol. The van der Waals surface area contributed by atoms with Gasteiger partial charge in [-0.25, -0.2) is 4.79 Å². The number of halogens is 1. The highest BCUT2D eigenvalue weighted by atomic mass is 19.1. The quantitative estimate of drug-likeness (QED) is 0.318. The number of aromatic nitrogens is 6. The molecule has 0 fully saturated rings. The zero-order chi connectivity index (χ0) is 24.9. The summed E-state index contributed by atoms with van der Waals surface area (Å²) in [7, 11) is 0. The molecule has 0 radical (unpaired) electrons. The van der Waals surface area contributed by atoms with Gasteiger partial charge in [-0.3, -0.25) is 9.13 Å². The van der Waals surface area contributed by atoms with E-state index in [0.717, 1.165) is 40.7 Å². The Kier molecular flexibility index (Phi) is 6.84. The first-order chi connectivity index (χ1) is 17.7. The van der Waals surface area contributed by atoms with Gasteiger partial charge in [0.2, 0.25) is 11.8 Å². The Morgan fingerprint density at radius 1 is 0.833 bits per heavy atom. The van der Waals surface area contributed by atoms with Crippen molar-refractivity contribution in [1.29, 1.82) is 0 Å². The molecule has 36 heavy (non-hydrogen) atoms. The molecular formula is C28H27FN6O. The summed E-state index contributed by atoms with van der Waals surface area (Å²) in [6.45, 7) is 2.58. The summed E-state index contributed by atoms with van der Waals surface area (Å²) in [4.78, 5) is 13.3. The maximum atomic E-state index is 15.5. The van der Waals surface area contributed by atoms with Gasteiger partial charge in [-0.2, -0.15) is 9.60 Å². The molecule has 0 aliphatic heterocycles. The third kappa shape index (κ3) is 4.75. The molecule has 8 heteroatoms. The minimum atomic E-state index is -0.442. The summed E-state index contributed by atoms with van der Waals surface area (Å²) in [6, 6.07) is 25.3. The Morgan fingerprint density at radius 3 is 2.19 bits per heavy atom. The van der Waals surface area contributed by atoms with E-state index < -0.39 is 5.95 Å². The lowest BCUT2D eigenvalue weighted by atomic mass is 9.98. The summed E-state index contributed by atoms with van der Waals surface area (Å²) in [5.41, 5.74) is 4.79. The number of aromatic amines is 1. The maximum Gasteiger partial charge on any atom is 0.331 e. The van der Waals surface area contributed by atoms with Gasteiger partial charge in [0.1, 0.15) is 0 Å². The van der Waals surface area contributed by atoms with Crippen molar-refractivity contribution in [2.45, 2.75) is 39.3 Å². The van der Waals surface area contributed by atoms with Crippen molar-refractivity contribution >= 4 is 0 Å². The first-order valence-electron chi connectivity index (χ1n) is 12.1. The summed E-state index contributed by atoms with van der Waals surface area (Å²) in [5.74, 6) is 0.0833. The number of H-pyrrole nitrogens is 1. The van der Waals surface area contributed by atoms with Crippen LogP contribution in [0.1, 0.15) is 36.6 Å². The van der Waals surface area contributed by atoms with Gasteiger partial charge in [0.15, 0.2) is 0 Å². The SMILES string of the molecule is CCCCc1c(F)n(Cc2ccccc2)c(=O)n1Cc1ccc(-c2ccccc2-c2nn[nH]n2)cc1. The van der Waals surface area contributed by atoms with Crippen molar-refractivity contribution in [1.82, 2.24) is 29.8 Å². The summed E-state index contributed by atoms with van der Waals surface area (Å²) < 4.78 is 18.3. The van der Waals surface area contributed by atoms with Gasteiger partial charge in [-0.1, -0.05) is 92.2 Å². The van der Waals surface area contributed by atoms with E-state index in [4.69, 9.17) is 0 Å². The first kappa shape index (κ1) is 23.4. The third-order valence-electron chi connectivity index (χ3n) is 6.33. The van der Waals surface area contributed by atoms with Crippen LogP contribution in [0, 0.1) is 5.95 Å². The van der Waals surface area contributed by atoms with Crippen LogP contribution in [-0.4, -0.2) is 29.8 Å². The standard InChI is InChI=1S/C28H27FN6O/c1-2-3-13-25-26(29)35(19-20-9-5-4-6-10-20)28(36)34(25)18-21-14-16-22(17-15-21)23-11-7-8-12-24(23)27-30-32-33-31-27/h4-12,14-17H,2-3,13,18-19H2,1H3,(H,30,31,32,33). The molecule has 5 rings (SSSR count). The largest absolute Gasteiger partial charge is 0.331 e. The molecule has 7 nitrogen and oxygen atoms in total. The van der Waals surface area contributed by atoms with Crippen LogP contribution in [0.2, 0.25) is 0 Å². The Labute approximate surface area is 208 Å². The van der Waals surface area contributed by atoms with Crippen LogP contribution in [-0.2, 0) is 19.5 Å². The van der Waals surface area contributed by atoms with Gasteiger partial charge in [0, 0.05) is 5.56 Å². The van der Waals surface area contributed by atoms with Crippen LogP contribution in [0.25, 0.3) is 22.5 Å². The molecule has 2 heterocycles. The number of nitrogens with one attached hydrogen (secondary N) is 1. The summed E-state index contributed by atoms with van der Waals surface area (Å²) >= 11 is 0. The Bertz CT molecular complexity index is 1490. The molecular weight excluding hydrogens is 455 g/mol. The van der Waals surface area contributed by atoms with E-state index in [9.17, 15) is 4.79 Å². The maximum absolute atomic E-state index is 15.5. The lowest BCUT2D eigenvalue weighted by Gasteiger charge is -2.10. The van der Waals surface area contributed by atoms with Crippen LogP contribution in [0.3, 0.4) is 0 Å². The van der Waals surface area contributed by atoms with E-state index in [1.54, 1.807) is 4.57 Å². The number of nitrogens with zero attached hydrogens (tertiary/aromatic N) is 5. The third-order valence-corrected chi connectivity index (χ3v) is 6.33. The lowest BCUT2D eigenvalue weighted by Crippen LogP contribution is -2.26. The Hall–Kier alpha value is -4.33. The van der Waals surface area contributed by atoms with E-state index in [1.165, 1.54) is 4.57 Å². The topological polar surface area (TPSA) is 81.4 Å². The zero-order valence-corrected chi connectivity index (χ0v) is 20.1. The van der Waals surface area contributed by atoms with E-state index in [1.807, 2.05) is 78.9 Å². The van der Waals surface area contributed by atoms with Crippen LogP contribution >= 0.6 is 0 Å². The van der Waals surface area contributed by atoms with Gasteiger partial charge in [0.05, 0.1) is 18.8 Å². The first-order valence-corrected chi connectivity index (χ1v) is 12.1. The van der Waals surface area contributed by atoms with Gasteiger partial charge < -0.3 is 0 Å². The molecule has 0 atom stereocenters. The highest BCUT2D eigenvalue weighted by molar-refractivity contribution is 5.80. The smallest absolute Gasteiger partial charge is 0.289 e. The van der Waals surface area contributed by atoms with Gasteiger partial charge in [-0.15, -0.1) is 10.2 Å². The predicted octanol–water partition coefficient (Wildman–Crippen LogP) is 5.08. The second-order valence-electron chi connectivity index (χ2n) is 8.76. The molecule has 3 aromatic carbocycles. The number of benzene rings is 3. The lowest BCUT2D eigenvalue weighted by molar-refractivity contribution is 0.496. The average molecular weight is 483 g/mol. The minimum Gasteiger partial charge on any atom is -0.289 e. The molecule has 0 spiro atoms. The zero-order valence-electron chi connectivity index (χ0n) is 20.1. The van der Waals surface area contributed by atoms with E-state index in [-0.39, 0.29) is 12.2 Å². The fraction of sp³-hybridized carbons (Fsp3) is 0.214. The van der Waals surface area contributed by atoms with Crippen LogP contribution < -0.4 is 5.69 Å². The predicted molar refractivity (Wildman–Crippen MR) is 137 cm³/mol. The molecule has 5 aromatic rings. The highest BCUT2D eigenvalue weighted by Crippen LogP contribution is 2.30. The van der Waals surface area contributed by atoms with E-state index in [0.29, 0.717) is 24.5 Å². The average Bonchev–Trinajstić information content (AvgIpc) is 3.53. The van der Waals surface area contributed by atoms with Crippen molar-refractivity contribution in [2.75, 3.05) is 0 Å². The molecule has 0 saturated heterocycles. The summed E-state index contributed by atoms with van der Waals surface area (Å²) in [6.07, 6.45) is 2.26. The molecule has 2 aromatic heterocycles. The molecule has 0 aliphatic rings. The number of hydrogen-bond donors (Lipinski definition) is 1. The number of tetrazole rings is 1. The number of imidazole rings is 1. The highest BCUT2D eigenvalue weighted by Gasteiger charge is 2.20. The molecule has 0 saturated carbocycles. The van der Waals surface area contributed by atoms with Crippen molar-refractivity contribution < 1.29 is 4.39 Å². The number of rotatable bonds is 9. The van der Waals surface area contributed by atoms with Gasteiger partial charge in [-0.05, 0) is 40.3 Å². The van der Waals surface area contributed by atoms with Crippen LogP contribution in [0.5, 0.6) is 0 Å². The fourth-order valence-corrected chi connectivity index (χ4v) is 4.44. The van der Waals surface area contributed by atoms with Crippen molar-refractivity contribution in [3.63, 3.8) is 0 Å².